The average molecular weight is 531 g/mol. The molecule has 2 fully saturated rings. The Morgan fingerprint density at radius 1 is 1.20 bits per heavy atom. The number of aliphatic hydroxyl groups is 1. The molecular formula is C21H21ClF2N4O6S. The summed E-state index contributed by atoms with van der Waals surface area (Å²) in [5.74, 6) is -1.89. The normalized spacial score (nSPS) is 24.1. The van der Waals surface area contributed by atoms with Crippen LogP contribution in [0.5, 0.6) is 11.9 Å². The number of imidazole rings is 1. The van der Waals surface area contributed by atoms with Crippen molar-refractivity contribution in [3.05, 3.63) is 40.4 Å². The molecule has 0 amide bonds. The molecule has 35 heavy (non-hydrogen) atoms. The Hall–Kier alpha value is -2.58. The predicted molar refractivity (Wildman–Crippen MR) is 122 cm³/mol. The van der Waals surface area contributed by atoms with E-state index in [0.29, 0.717) is 5.52 Å². The topological polar surface area (TPSA) is 128 Å². The number of rotatable bonds is 6. The van der Waals surface area contributed by atoms with Crippen molar-refractivity contribution < 1.29 is 37.0 Å². The van der Waals surface area contributed by atoms with Gasteiger partial charge in [0.2, 0.25) is 5.88 Å². The van der Waals surface area contributed by atoms with Crippen LogP contribution in [0.1, 0.15) is 5.56 Å². The molecule has 3 aromatic rings. The Morgan fingerprint density at radius 3 is 2.63 bits per heavy atom. The molecule has 2 aromatic heterocycles. The smallest absolute Gasteiger partial charge is 0.296 e. The monoisotopic (exact) mass is 530 g/mol. The zero-order valence-corrected chi connectivity index (χ0v) is 20.1. The van der Waals surface area contributed by atoms with E-state index in [9.17, 15) is 18.1 Å². The van der Waals surface area contributed by atoms with Gasteiger partial charge in [-0.25, -0.2) is 13.0 Å². The summed E-state index contributed by atoms with van der Waals surface area (Å²) in [5.41, 5.74) is 0.224. The Balaban J connectivity index is 1.32. The van der Waals surface area contributed by atoms with Gasteiger partial charge in [0.05, 0.1) is 30.0 Å². The minimum atomic E-state index is -2.58. The average Bonchev–Trinajstić information content (AvgIpc) is 3.43. The summed E-state index contributed by atoms with van der Waals surface area (Å²) in [7, 11) is -2.58. The first kappa shape index (κ1) is 24.1. The van der Waals surface area contributed by atoms with E-state index in [4.69, 9.17) is 30.5 Å². The van der Waals surface area contributed by atoms with Crippen LogP contribution in [0.3, 0.4) is 0 Å². The lowest BCUT2D eigenvalue weighted by Crippen LogP contribution is -2.34. The highest BCUT2D eigenvalue weighted by Gasteiger charge is 2.48. The summed E-state index contributed by atoms with van der Waals surface area (Å²) in [6.07, 6.45) is 0.677. The third-order valence-electron chi connectivity index (χ3n) is 5.42. The van der Waals surface area contributed by atoms with Gasteiger partial charge in [0.15, 0.2) is 11.8 Å². The summed E-state index contributed by atoms with van der Waals surface area (Å²) in [6.45, 7) is -0.105. The van der Waals surface area contributed by atoms with Crippen LogP contribution in [-0.2, 0) is 25.8 Å². The van der Waals surface area contributed by atoms with Gasteiger partial charge in [-0.05, 0) is 6.07 Å². The molecule has 5 rings (SSSR count). The van der Waals surface area contributed by atoms with E-state index in [1.807, 2.05) is 0 Å². The zero-order valence-electron chi connectivity index (χ0n) is 18.5. The largest absolute Gasteiger partial charge is 0.471 e. The van der Waals surface area contributed by atoms with E-state index in [1.165, 1.54) is 18.6 Å². The van der Waals surface area contributed by atoms with Gasteiger partial charge in [0.25, 0.3) is 6.01 Å². The SMILES string of the molecule is CS(C)(=O)=Nc1cc(F)c(COc2nc3nc(O[C@@H]4CO[C@H]5[C@@H]4OC[C@H]5O)[nH]c3cc2Cl)c(F)c1. The third-order valence-corrected chi connectivity index (χ3v) is 6.34. The van der Waals surface area contributed by atoms with Crippen molar-refractivity contribution in [3.8, 4) is 11.9 Å². The first-order valence-electron chi connectivity index (χ1n) is 10.5. The van der Waals surface area contributed by atoms with Crippen LogP contribution in [-0.4, -0.2) is 74.4 Å². The van der Waals surface area contributed by atoms with E-state index < -0.39 is 52.4 Å². The first-order valence-corrected chi connectivity index (χ1v) is 13.2. The molecule has 2 saturated heterocycles. The molecule has 2 aliphatic rings. The van der Waals surface area contributed by atoms with Crippen LogP contribution < -0.4 is 9.47 Å². The number of ether oxygens (including phenoxy) is 4. The van der Waals surface area contributed by atoms with Crippen molar-refractivity contribution in [2.75, 3.05) is 25.7 Å². The van der Waals surface area contributed by atoms with Gasteiger partial charge >= 0.3 is 0 Å². The van der Waals surface area contributed by atoms with Gasteiger partial charge in [-0.2, -0.15) is 14.3 Å². The summed E-state index contributed by atoms with van der Waals surface area (Å²) < 4.78 is 66.9. The van der Waals surface area contributed by atoms with E-state index in [0.717, 1.165) is 12.1 Å². The summed E-state index contributed by atoms with van der Waals surface area (Å²) >= 11 is 6.24. The van der Waals surface area contributed by atoms with Gasteiger partial charge < -0.3 is 29.0 Å². The van der Waals surface area contributed by atoms with Crippen molar-refractivity contribution >= 4 is 38.2 Å². The van der Waals surface area contributed by atoms with Gasteiger partial charge in [-0.15, -0.1) is 0 Å². The quantitative estimate of drug-likeness (QED) is 0.498. The molecule has 1 aromatic carbocycles. The lowest BCUT2D eigenvalue weighted by Gasteiger charge is -2.15. The second-order valence-corrected chi connectivity index (χ2v) is 11.4. The molecule has 0 aliphatic carbocycles. The fourth-order valence-corrected chi connectivity index (χ4v) is 4.72. The molecule has 2 N–H and O–H groups in total. The standard InChI is InChI=1S/C21H21ClF2N4O6S/c1-35(2,30)28-9-3-12(23)10(13(24)4-9)6-33-20-11(22)5-14-19(26-20)27-21(25-14)34-16-8-32-17-15(29)7-31-18(16)17/h3-5,15-18,29H,6-8H2,1-2H3,(H,25,26,27)/t15-,16-,17-,18-/m1/s1. The highest BCUT2D eigenvalue weighted by Crippen LogP contribution is 2.32. The molecule has 14 heteroatoms. The molecule has 4 atom stereocenters. The maximum atomic E-state index is 14.5. The number of halogens is 3. The van der Waals surface area contributed by atoms with E-state index in [2.05, 4.69) is 19.3 Å². The van der Waals surface area contributed by atoms with Crippen LogP contribution >= 0.6 is 11.6 Å². The molecule has 2 aliphatic heterocycles. The molecule has 0 spiro atoms. The number of fused-ring (bicyclic) bond motifs is 2. The number of aromatic nitrogens is 3. The van der Waals surface area contributed by atoms with Crippen LogP contribution in [0, 0.1) is 11.6 Å². The van der Waals surface area contributed by atoms with Crippen molar-refractivity contribution in [1.82, 2.24) is 15.0 Å². The molecule has 0 radical (unpaired) electrons. The Kier molecular flexibility index (Phi) is 6.30. The lowest BCUT2D eigenvalue weighted by atomic mass is 10.1. The van der Waals surface area contributed by atoms with Crippen molar-refractivity contribution in [2.24, 2.45) is 4.36 Å². The van der Waals surface area contributed by atoms with E-state index in [-0.39, 0.29) is 47.0 Å². The second-order valence-electron chi connectivity index (χ2n) is 8.46. The summed E-state index contributed by atoms with van der Waals surface area (Å²) in [5, 5.41) is 9.94. The number of nitrogens with zero attached hydrogens (tertiary/aromatic N) is 3. The fourth-order valence-electron chi connectivity index (χ4n) is 3.90. The Labute approximate surface area is 203 Å². The highest BCUT2D eigenvalue weighted by atomic mass is 35.5. The maximum absolute atomic E-state index is 14.5. The molecule has 0 unspecified atom stereocenters. The Morgan fingerprint density at radius 2 is 1.91 bits per heavy atom. The molecule has 0 bridgehead atoms. The highest BCUT2D eigenvalue weighted by molar-refractivity contribution is 7.92. The number of pyridine rings is 1. The van der Waals surface area contributed by atoms with Gasteiger partial charge in [0, 0.05) is 34.4 Å². The van der Waals surface area contributed by atoms with Crippen LogP contribution in [0.25, 0.3) is 11.2 Å². The van der Waals surface area contributed by atoms with E-state index in [1.54, 1.807) is 0 Å². The molecule has 4 heterocycles. The Bertz CT molecular complexity index is 1380. The second kappa shape index (κ2) is 9.13. The number of nitrogens with one attached hydrogen (secondary N) is 1. The van der Waals surface area contributed by atoms with Crippen LogP contribution in [0.4, 0.5) is 14.5 Å². The molecule has 0 saturated carbocycles. The third kappa shape index (κ3) is 5.05. The maximum Gasteiger partial charge on any atom is 0.296 e. The van der Waals surface area contributed by atoms with Crippen LogP contribution in [0.2, 0.25) is 5.02 Å². The van der Waals surface area contributed by atoms with Crippen molar-refractivity contribution in [3.63, 3.8) is 0 Å². The number of aromatic amines is 1. The first-order chi connectivity index (χ1) is 16.6. The number of aliphatic hydroxyl groups excluding tert-OH is 1. The molecule has 188 valence electrons. The van der Waals surface area contributed by atoms with Crippen LogP contribution in [0.15, 0.2) is 22.6 Å². The van der Waals surface area contributed by atoms with Crippen molar-refractivity contribution in [1.29, 1.82) is 0 Å². The zero-order chi connectivity index (χ0) is 24.9. The van der Waals surface area contributed by atoms with E-state index >= 15 is 0 Å². The fraction of sp³-hybridized carbons (Fsp3) is 0.429. The minimum Gasteiger partial charge on any atom is -0.471 e. The molecule has 10 nitrogen and oxygen atoms in total. The predicted octanol–water partition coefficient (Wildman–Crippen LogP) is 2.73. The number of H-pyrrole nitrogens is 1. The van der Waals surface area contributed by atoms with Crippen molar-refractivity contribution in [2.45, 2.75) is 31.0 Å². The molecular weight excluding hydrogens is 510 g/mol. The number of hydrogen-bond donors (Lipinski definition) is 2. The minimum absolute atomic E-state index is 0.0723. The van der Waals surface area contributed by atoms with Gasteiger partial charge in [-0.1, -0.05) is 11.6 Å². The number of benzene rings is 1. The summed E-state index contributed by atoms with van der Waals surface area (Å²) in [4.78, 5) is 11.4. The lowest BCUT2D eigenvalue weighted by molar-refractivity contribution is 0.00706. The number of hydrogen-bond acceptors (Lipinski definition) is 9. The summed E-state index contributed by atoms with van der Waals surface area (Å²) in [6, 6.07) is 3.60. The van der Waals surface area contributed by atoms with Gasteiger partial charge in [0.1, 0.15) is 41.6 Å². The van der Waals surface area contributed by atoms with Gasteiger partial charge in [-0.3, -0.25) is 0 Å².